The molecule has 2 aliphatic rings. The van der Waals surface area contributed by atoms with Gasteiger partial charge in [-0.25, -0.2) is 4.18 Å². The van der Waals surface area contributed by atoms with E-state index in [1.54, 1.807) is 6.92 Å². The summed E-state index contributed by atoms with van der Waals surface area (Å²) >= 11 is 0. The summed E-state index contributed by atoms with van der Waals surface area (Å²) < 4.78 is 67.5. The van der Waals surface area contributed by atoms with E-state index >= 15 is 0 Å². The molecule has 89 heavy (non-hydrogen) atoms. The largest absolute Gasteiger partial charge is 0.455 e. The minimum Gasteiger partial charge on any atom is -0.455 e. The summed E-state index contributed by atoms with van der Waals surface area (Å²) in [5, 5.41) is 64.4. The van der Waals surface area contributed by atoms with Crippen LogP contribution >= 0.6 is 0 Å². The van der Waals surface area contributed by atoms with Crippen molar-refractivity contribution in [3.8, 4) is 0 Å². The number of carbonyl (C=O) groups excluding carboxylic acids is 2. The molecule has 0 radical (unpaired) electrons. The number of hydrogen-bond acceptors (Lipinski definition) is 16. The molecule has 0 saturated carbocycles. The van der Waals surface area contributed by atoms with Gasteiger partial charge in [0, 0.05) is 6.42 Å². The molecule has 2 heterocycles. The summed E-state index contributed by atoms with van der Waals surface area (Å²) in [7, 11) is -5.32. The van der Waals surface area contributed by atoms with Crippen molar-refractivity contribution in [1.82, 2.24) is 0 Å². The van der Waals surface area contributed by atoms with Gasteiger partial charge >= 0.3 is 22.3 Å². The Morgan fingerprint density at radius 1 is 0.438 bits per heavy atom. The van der Waals surface area contributed by atoms with Crippen LogP contribution < -0.4 is 0 Å². The van der Waals surface area contributed by atoms with E-state index in [-0.39, 0.29) is 18.4 Å². The highest BCUT2D eigenvalue weighted by Crippen LogP contribution is 2.36. The summed E-state index contributed by atoms with van der Waals surface area (Å²) in [6.45, 7) is 22.9. The number of unbranched alkanes of at least 4 members (excludes halogenated alkanes) is 24. The maximum Gasteiger partial charge on any atom is 0.397 e. The van der Waals surface area contributed by atoms with Crippen molar-refractivity contribution in [2.75, 3.05) is 13.2 Å². The van der Waals surface area contributed by atoms with E-state index in [9.17, 15) is 53.2 Å². The fourth-order valence-electron chi connectivity index (χ4n) is 14.6. The standard InChI is InChI=1S/C71H136O17S/c1-12-14-16-18-20-22-24-26-28-30-32-34-36-38-59(74)57(10)46-55(8)44-53(6)42-51(4)40-50(3)41-52(5)43-54(7)45-56(9)47-58(11)69(79)86-66-64(77)61(49-73)84-71(87-70-67(88-89(80,81)82)65(78)63(76)60(48-72)83-70)68(66)85-62(75)39-37-35-33-31-29-27-25-23-21-19-17-15-13-2/h50-61,63-68,70-74,76-78H,12-49H2,1-11H3,(H,80,81,82). The molecule has 0 aromatic carbocycles. The van der Waals surface area contributed by atoms with Gasteiger partial charge in [0.2, 0.25) is 6.29 Å². The minimum atomic E-state index is -5.32. The lowest BCUT2D eigenvalue weighted by atomic mass is 9.79. The van der Waals surface area contributed by atoms with Crippen molar-refractivity contribution < 1.29 is 81.1 Å². The number of aliphatic hydroxyl groups excluding tert-OH is 6. The molecule has 0 bridgehead atoms. The van der Waals surface area contributed by atoms with Crippen LogP contribution in [0.1, 0.15) is 307 Å². The van der Waals surface area contributed by atoms with Crippen LogP contribution in [-0.2, 0) is 47.9 Å². The molecular weight excluding hydrogens is 1160 g/mol. The molecule has 20 atom stereocenters. The Balaban J connectivity index is 1.94. The van der Waals surface area contributed by atoms with E-state index in [1.165, 1.54) is 141 Å². The first-order valence-corrected chi connectivity index (χ1v) is 37.7. The zero-order chi connectivity index (χ0) is 66.3. The van der Waals surface area contributed by atoms with Crippen LogP contribution in [0.4, 0.5) is 0 Å². The summed E-state index contributed by atoms with van der Waals surface area (Å²) in [6.07, 6.45) is 22.1. The lowest BCUT2D eigenvalue weighted by Crippen LogP contribution is -2.65. The van der Waals surface area contributed by atoms with Crippen LogP contribution in [0.25, 0.3) is 0 Å². The topological polar surface area (TPSA) is 265 Å². The average molecular weight is 1290 g/mol. The number of carbonyl (C=O) groups is 2. The monoisotopic (exact) mass is 1290 g/mol. The van der Waals surface area contributed by atoms with Crippen molar-refractivity contribution in [3.05, 3.63) is 0 Å². The molecule has 528 valence electrons. The summed E-state index contributed by atoms with van der Waals surface area (Å²) in [4.78, 5) is 27.7. The number of rotatable bonds is 54. The van der Waals surface area contributed by atoms with E-state index in [0.717, 1.165) is 70.6 Å². The predicted octanol–water partition coefficient (Wildman–Crippen LogP) is 14.7. The molecule has 0 aromatic heterocycles. The molecule has 0 spiro atoms. The third-order valence-electron chi connectivity index (χ3n) is 19.1. The van der Waals surface area contributed by atoms with Gasteiger partial charge in [0.1, 0.15) is 30.5 Å². The van der Waals surface area contributed by atoms with Crippen LogP contribution in [0.5, 0.6) is 0 Å². The molecule has 2 fully saturated rings. The van der Waals surface area contributed by atoms with E-state index < -0.39 is 103 Å². The third kappa shape index (κ3) is 36.8. The lowest BCUT2D eigenvalue weighted by Gasteiger charge is -2.46. The second-order valence-electron chi connectivity index (χ2n) is 29.0. The first kappa shape index (κ1) is 83.5. The van der Waals surface area contributed by atoms with Crippen molar-refractivity contribution in [3.63, 3.8) is 0 Å². The first-order chi connectivity index (χ1) is 42.3. The van der Waals surface area contributed by atoms with Crippen molar-refractivity contribution >= 4 is 22.3 Å². The van der Waals surface area contributed by atoms with Gasteiger partial charge in [-0.3, -0.25) is 14.1 Å². The van der Waals surface area contributed by atoms with Gasteiger partial charge in [0.15, 0.2) is 24.6 Å². The van der Waals surface area contributed by atoms with E-state index in [2.05, 4.69) is 73.4 Å². The normalized spacial score (nSPS) is 26.0. The Kier molecular flexibility index (Phi) is 45.2. The average Bonchev–Trinajstić information content (AvgIpc) is 1.10. The number of aliphatic hydroxyl groups is 6. The molecule has 18 heteroatoms. The Morgan fingerprint density at radius 2 is 0.787 bits per heavy atom. The lowest BCUT2D eigenvalue weighted by molar-refractivity contribution is -0.374. The van der Waals surface area contributed by atoms with Gasteiger partial charge in [-0.1, -0.05) is 237 Å². The second-order valence-corrected chi connectivity index (χ2v) is 30.0. The smallest absolute Gasteiger partial charge is 0.397 e. The van der Waals surface area contributed by atoms with Crippen molar-refractivity contribution in [2.45, 2.75) is 375 Å². The molecule has 2 saturated heterocycles. The molecule has 7 N–H and O–H groups in total. The Morgan fingerprint density at radius 3 is 1.18 bits per heavy atom. The van der Waals surface area contributed by atoms with Crippen LogP contribution in [0.2, 0.25) is 0 Å². The second kappa shape index (κ2) is 48.2. The maximum atomic E-state index is 14.1. The summed E-state index contributed by atoms with van der Waals surface area (Å²) in [5.74, 6) is 1.59. The highest BCUT2D eigenvalue weighted by atomic mass is 32.3. The maximum absolute atomic E-state index is 14.1. The van der Waals surface area contributed by atoms with E-state index in [4.69, 9.17) is 23.7 Å². The number of hydrogen-bond donors (Lipinski definition) is 7. The molecule has 2 aliphatic heterocycles. The van der Waals surface area contributed by atoms with Crippen LogP contribution in [-0.4, -0.2) is 136 Å². The fraction of sp³-hybridized carbons (Fsp3) is 0.972. The van der Waals surface area contributed by atoms with Gasteiger partial charge in [-0.15, -0.1) is 0 Å². The highest BCUT2D eigenvalue weighted by Gasteiger charge is 2.55. The molecule has 17 nitrogen and oxygen atoms in total. The van der Waals surface area contributed by atoms with Gasteiger partial charge in [0.25, 0.3) is 0 Å². The van der Waals surface area contributed by atoms with Crippen LogP contribution in [0, 0.1) is 53.3 Å². The quantitative estimate of drug-likeness (QED) is 0.0169. The van der Waals surface area contributed by atoms with Crippen LogP contribution in [0.15, 0.2) is 0 Å². The van der Waals surface area contributed by atoms with Gasteiger partial charge < -0.3 is 54.3 Å². The summed E-state index contributed by atoms with van der Waals surface area (Å²) in [6, 6.07) is 0. The molecule has 2 rings (SSSR count). The first-order valence-electron chi connectivity index (χ1n) is 36.3. The van der Waals surface area contributed by atoms with Gasteiger partial charge in [-0.05, 0) is 112 Å². The Bertz CT molecular complexity index is 1880. The van der Waals surface area contributed by atoms with Crippen molar-refractivity contribution in [2.24, 2.45) is 53.3 Å². The van der Waals surface area contributed by atoms with Gasteiger partial charge in [-0.2, -0.15) is 8.42 Å². The van der Waals surface area contributed by atoms with Crippen LogP contribution in [0.3, 0.4) is 0 Å². The van der Waals surface area contributed by atoms with E-state index in [0.29, 0.717) is 54.3 Å². The van der Waals surface area contributed by atoms with E-state index in [1.807, 2.05) is 0 Å². The third-order valence-corrected chi connectivity index (χ3v) is 19.6. The molecule has 0 amide bonds. The highest BCUT2D eigenvalue weighted by molar-refractivity contribution is 7.80. The molecule has 0 aromatic rings. The predicted molar refractivity (Wildman–Crippen MR) is 353 cm³/mol. The zero-order valence-corrected chi connectivity index (χ0v) is 58.9. The Hall–Kier alpha value is -1.55. The van der Waals surface area contributed by atoms with Gasteiger partial charge in [0.05, 0.1) is 25.2 Å². The minimum absolute atomic E-state index is 0.0543. The number of ether oxygens (including phenoxy) is 5. The fourth-order valence-corrected chi connectivity index (χ4v) is 15.1. The zero-order valence-electron chi connectivity index (χ0n) is 58.0. The molecule has 20 unspecified atom stereocenters. The Labute approximate surface area is 542 Å². The van der Waals surface area contributed by atoms with Crippen molar-refractivity contribution in [1.29, 1.82) is 0 Å². The molecular formula is C71H136O17S. The number of esters is 2. The SMILES string of the molecule is CCCCCCCCCCCCCCCC(=O)OC1C(OC2OC(CO)C(O)C(O)C2OS(=O)(=O)O)OC(CO)C(O)C1OC(=O)C(C)CC(C)CC(C)CC(C)CC(C)CC(C)CC(C)CC(C)CC(C)C(O)CCCCCCCCCCCCCCC. The molecule has 0 aliphatic carbocycles. The summed E-state index contributed by atoms with van der Waals surface area (Å²) in [5.41, 5.74) is 0.